The fourth-order valence-electron chi connectivity index (χ4n) is 3.64. The van der Waals surface area contributed by atoms with E-state index < -0.39 is 0 Å². The van der Waals surface area contributed by atoms with Crippen molar-refractivity contribution in [2.75, 3.05) is 6.54 Å². The Bertz CT molecular complexity index is 454. The molecule has 1 saturated carbocycles. The van der Waals surface area contributed by atoms with Crippen LogP contribution in [0.1, 0.15) is 54.6 Å². The molecule has 2 aliphatic rings. The second-order valence-corrected chi connectivity index (χ2v) is 5.76. The van der Waals surface area contributed by atoms with Crippen molar-refractivity contribution in [2.45, 2.75) is 51.1 Å². The molecule has 1 aliphatic carbocycles. The third-order valence-corrected chi connectivity index (χ3v) is 4.61. The SMILES string of the molecule is Cl.NCc1cc(C(=O)N2CCCC2C2CCCC2)co1. The minimum absolute atomic E-state index is 0. The maximum atomic E-state index is 12.6. The normalized spacial score (nSPS) is 23.1. The molecule has 2 fully saturated rings. The Balaban J connectivity index is 0.00000147. The van der Waals surface area contributed by atoms with Crippen LogP contribution in [-0.4, -0.2) is 23.4 Å². The molecule has 1 unspecified atom stereocenters. The lowest BCUT2D eigenvalue weighted by atomic mass is 9.96. The van der Waals surface area contributed by atoms with Gasteiger partial charge in [0.05, 0.1) is 12.1 Å². The van der Waals surface area contributed by atoms with Crippen LogP contribution in [0.3, 0.4) is 0 Å². The summed E-state index contributed by atoms with van der Waals surface area (Å²) in [7, 11) is 0. The van der Waals surface area contributed by atoms with Crippen molar-refractivity contribution < 1.29 is 9.21 Å². The molecular weight excluding hydrogens is 276 g/mol. The number of amides is 1. The number of hydrogen-bond acceptors (Lipinski definition) is 3. The predicted octanol–water partition coefficient (Wildman–Crippen LogP) is 2.95. The summed E-state index contributed by atoms with van der Waals surface area (Å²) in [5.41, 5.74) is 6.18. The summed E-state index contributed by atoms with van der Waals surface area (Å²) in [6, 6.07) is 2.23. The molecule has 2 heterocycles. The summed E-state index contributed by atoms with van der Waals surface area (Å²) in [4.78, 5) is 14.6. The van der Waals surface area contributed by atoms with E-state index in [1.165, 1.54) is 25.7 Å². The Labute approximate surface area is 126 Å². The van der Waals surface area contributed by atoms with Crippen LogP contribution in [0.2, 0.25) is 0 Å². The molecule has 0 spiro atoms. The zero-order valence-electron chi connectivity index (χ0n) is 11.7. The Hall–Kier alpha value is -1.00. The second kappa shape index (κ2) is 6.64. The van der Waals surface area contributed by atoms with Gasteiger partial charge in [-0.2, -0.15) is 0 Å². The first kappa shape index (κ1) is 15.4. The van der Waals surface area contributed by atoms with Gasteiger partial charge in [0.15, 0.2) is 0 Å². The third kappa shape index (κ3) is 2.86. The zero-order chi connectivity index (χ0) is 13.2. The molecule has 2 N–H and O–H groups in total. The zero-order valence-corrected chi connectivity index (χ0v) is 12.5. The third-order valence-electron chi connectivity index (χ3n) is 4.61. The first-order valence-corrected chi connectivity index (χ1v) is 7.38. The molecule has 1 saturated heterocycles. The minimum atomic E-state index is 0. The van der Waals surface area contributed by atoms with E-state index in [9.17, 15) is 4.79 Å². The number of furan rings is 1. The molecule has 1 amide bonds. The molecule has 112 valence electrons. The van der Waals surface area contributed by atoms with Gasteiger partial charge in [-0.15, -0.1) is 12.4 Å². The number of hydrogen-bond donors (Lipinski definition) is 1. The maximum Gasteiger partial charge on any atom is 0.257 e. The molecule has 0 radical (unpaired) electrons. The largest absolute Gasteiger partial charge is 0.467 e. The number of halogens is 1. The highest BCUT2D eigenvalue weighted by molar-refractivity contribution is 5.94. The molecule has 0 bridgehead atoms. The Morgan fingerprint density at radius 1 is 1.30 bits per heavy atom. The standard InChI is InChI=1S/C15H22N2O2.ClH/c16-9-13-8-12(10-19-13)15(18)17-7-3-6-14(17)11-4-1-2-5-11;/h8,10-11,14H,1-7,9,16H2;1H. The van der Waals surface area contributed by atoms with Gasteiger partial charge in [0.2, 0.25) is 0 Å². The van der Waals surface area contributed by atoms with E-state index in [0.717, 1.165) is 19.4 Å². The van der Waals surface area contributed by atoms with Crippen molar-refractivity contribution in [3.63, 3.8) is 0 Å². The number of nitrogens with zero attached hydrogens (tertiary/aromatic N) is 1. The Kier molecular flexibility index (Phi) is 5.11. The lowest BCUT2D eigenvalue weighted by Crippen LogP contribution is -2.39. The van der Waals surface area contributed by atoms with Gasteiger partial charge in [-0.05, 0) is 37.7 Å². The summed E-state index contributed by atoms with van der Waals surface area (Å²) in [5.74, 6) is 1.52. The molecule has 4 nitrogen and oxygen atoms in total. The number of likely N-dealkylation sites (tertiary alicyclic amines) is 1. The molecule has 3 rings (SSSR count). The number of carbonyl (C=O) groups excluding carboxylic acids is 1. The summed E-state index contributed by atoms with van der Waals surface area (Å²) < 4.78 is 5.28. The van der Waals surface area contributed by atoms with Gasteiger partial charge >= 0.3 is 0 Å². The maximum absolute atomic E-state index is 12.6. The topological polar surface area (TPSA) is 59.5 Å². The van der Waals surface area contributed by atoms with Crippen molar-refractivity contribution in [2.24, 2.45) is 11.7 Å². The van der Waals surface area contributed by atoms with Crippen molar-refractivity contribution in [3.05, 3.63) is 23.7 Å². The molecule has 20 heavy (non-hydrogen) atoms. The van der Waals surface area contributed by atoms with Crippen LogP contribution in [0.25, 0.3) is 0 Å². The average molecular weight is 299 g/mol. The van der Waals surface area contributed by atoms with E-state index in [1.807, 2.05) is 0 Å². The van der Waals surface area contributed by atoms with Crippen molar-refractivity contribution in [1.82, 2.24) is 4.90 Å². The fraction of sp³-hybridized carbons (Fsp3) is 0.667. The van der Waals surface area contributed by atoms with Crippen LogP contribution < -0.4 is 5.73 Å². The molecule has 1 aliphatic heterocycles. The van der Waals surface area contributed by atoms with Gasteiger partial charge in [-0.1, -0.05) is 12.8 Å². The van der Waals surface area contributed by atoms with Gasteiger partial charge in [-0.3, -0.25) is 4.79 Å². The van der Waals surface area contributed by atoms with E-state index >= 15 is 0 Å². The number of nitrogens with two attached hydrogens (primary N) is 1. The van der Waals surface area contributed by atoms with E-state index in [-0.39, 0.29) is 18.3 Å². The number of carbonyl (C=O) groups is 1. The summed E-state index contributed by atoms with van der Waals surface area (Å²) in [5, 5.41) is 0. The van der Waals surface area contributed by atoms with Gasteiger partial charge in [0.25, 0.3) is 5.91 Å². The van der Waals surface area contributed by atoms with Crippen molar-refractivity contribution in [1.29, 1.82) is 0 Å². The Morgan fingerprint density at radius 2 is 2.05 bits per heavy atom. The van der Waals surface area contributed by atoms with Gasteiger partial charge in [0, 0.05) is 12.6 Å². The highest BCUT2D eigenvalue weighted by Crippen LogP contribution is 2.36. The molecule has 1 atom stereocenters. The molecule has 0 aromatic carbocycles. The van der Waals surface area contributed by atoms with Crippen molar-refractivity contribution >= 4 is 18.3 Å². The Morgan fingerprint density at radius 3 is 2.70 bits per heavy atom. The second-order valence-electron chi connectivity index (χ2n) is 5.76. The highest BCUT2D eigenvalue weighted by atomic mass is 35.5. The summed E-state index contributed by atoms with van der Waals surface area (Å²) in [6.07, 6.45) is 9.07. The summed E-state index contributed by atoms with van der Waals surface area (Å²) >= 11 is 0. The van der Waals surface area contributed by atoms with Crippen LogP contribution >= 0.6 is 12.4 Å². The molecular formula is C15H23ClN2O2. The fourth-order valence-corrected chi connectivity index (χ4v) is 3.64. The van der Waals surface area contributed by atoms with E-state index in [4.69, 9.17) is 10.2 Å². The van der Waals surface area contributed by atoms with E-state index in [0.29, 0.717) is 29.8 Å². The van der Waals surface area contributed by atoms with Crippen molar-refractivity contribution in [3.8, 4) is 0 Å². The monoisotopic (exact) mass is 298 g/mol. The van der Waals surface area contributed by atoms with Crippen LogP contribution in [0.4, 0.5) is 0 Å². The van der Waals surface area contributed by atoms with E-state index in [2.05, 4.69) is 4.90 Å². The van der Waals surface area contributed by atoms with E-state index in [1.54, 1.807) is 12.3 Å². The van der Waals surface area contributed by atoms with Gasteiger partial charge in [0.1, 0.15) is 12.0 Å². The molecule has 1 aromatic heterocycles. The lowest BCUT2D eigenvalue weighted by Gasteiger charge is -2.29. The quantitative estimate of drug-likeness (QED) is 0.933. The average Bonchev–Trinajstić information content (AvgIpc) is 3.16. The first-order chi connectivity index (χ1) is 9.29. The minimum Gasteiger partial charge on any atom is -0.467 e. The van der Waals surface area contributed by atoms with Crippen LogP contribution in [0.5, 0.6) is 0 Å². The first-order valence-electron chi connectivity index (χ1n) is 7.38. The highest BCUT2D eigenvalue weighted by Gasteiger charge is 2.36. The smallest absolute Gasteiger partial charge is 0.257 e. The van der Waals surface area contributed by atoms with Gasteiger partial charge < -0.3 is 15.1 Å². The van der Waals surface area contributed by atoms with Crippen LogP contribution in [-0.2, 0) is 6.54 Å². The van der Waals surface area contributed by atoms with Crippen LogP contribution in [0.15, 0.2) is 16.7 Å². The molecule has 5 heteroatoms. The number of rotatable bonds is 3. The van der Waals surface area contributed by atoms with Gasteiger partial charge in [-0.25, -0.2) is 0 Å². The summed E-state index contributed by atoms with van der Waals surface area (Å²) in [6.45, 7) is 1.24. The van der Waals surface area contributed by atoms with Crippen LogP contribution in [0, 0.1) is 5.92 Å². The predicted molar refractivity (Wildman–Crippen MR) is 79.9 cm³/mol. The molecule has 1 aromatic rings. The lowest BCUT2D eigenvalue weighted by molar-refractivity contribution is 0.0688.